The first-order valence-corrected chi connectivity index (χ1v) is 10.3. The Kier molecular flexibility index (Phi) is 5.43. The number of ether oxygens (including phenoxy) is 2. The molecule has 3 heterocycles. The minimum Gasteiger partial charge on any atom is -0.481 e. The first-order chi connectivity index (χ1) is 13.2. The molecule has 1 unspecified atom stereocenters. The second-order valence-electron chi connectivity index (χ2n) is 7.13. The zero-order valence-electron chi connectivity index (χ0n) is 16.1. The van der Waals surface area contributed by atoms with Gasteiger partial charge in [-0.1, -0.05) is 31.2 Å². The zero-order valence-corrected chi connectivity index (χ0v) is 17.0. The van der Waals surface area contributed by atoms with E-state index in [4.69, 9.17) is 9.47 Å². The predicted octanol–water partition coefficient (Wildman–Crippen LogP) is 4.33. The van der Waals surface area contributed by atoms with Gasteiger partial charge in [0.15, 0.2) is 0 Å². The lowest BCUT2D eigenvalue weighted by atomic mass is 9.90. The summed E-state index contributed by atoms with van der Waals surface area (Å²) in [6, 6.07) is 12.9. The van der Waals surface area contributed by atoms with Gasteiger partial charge in [0.2, 0.25) is 5.88 Å². The van der Waals surface area contributed by atoms with Gasteiger partial charge in [-0.2, -0.15) is 0 Å². The number of fused-ring (bicyclic) bond motifs is 1. The Hall–Kier alpha value is -1.95. The summed E-state index contributed by atoms with van der Waals surface area (Å²) in [5, 5.41) is 1.36. The predicted molar refractivity (Wildman–Crippen MR) is 111 cm³/mol. The molecule has 1 fully saturated rings. The van der Waals surface area contributed by atoms with E-state index in [1.807, 2.05) is 17.4 Å². The molecule has 0 N–H and O–H groups in total. The van der Waals surface area contributed by atoms with E-state index in [1.54, 1.807) is 20.4 Å². The van der Waals surface area contributed by atoms with Crippen LogP contribution in [0.1, 0.15) is 28.8 Å². The fraction of sp³-hybridized carbons (Fsp3) is 0.409. The SMILES string of the molecule is COc1ncccc1C(C)c1c(CCN2CC(OC)C2)sc2ccccc12. The van der Waals surface area contributed by atoms with Crippen LogP contribution in [0.2, 0.25) is 0 Å². The third kappa shape index (κ3) is 3.59. The molecule has 4 nitrogen and oxygen atoms in total. The van der Waals surface area contributed by atoms with Crippen LogP contribution in [-0.2, 0) is 11.2 Å². The zero-order chi connectivity index (χ0) is 18.8. The molecule has 0 bridgehead atoms. The van der Waals surface area contributed by atoms with Crippen LogP contribution in [0.5, 0.6) is 5.88 Å². The van der Waals surface area contributed by atoms with Gasteiger partial charge >= 0.3 is 0 Å². The Morgan fingerprint density at radius 3 is 2.78 bits per heavy atom. The van der Waals surface area contributed by atoms with E-state index < -0.39 is 0 Å². The van der Waals surface area contributed by atoms with Gasteiger partial charge in [-0.05, 0) is 29.5 Å². The van der Waals surface area contributed by atoms with Crippen LogP contribution in [0, 0.1) is 0 Å². The molecule has 1 saturated heterocycles. The molecule has 3 aromatic rings. The molecule has 1 aliphatic rings. The number of hydrogen-bond acceptors (Lipinski definition) is 5. The average Bonchev–Trinajstić information content (AvgIpc) is 3.04. The van der Waals surface area contributed by atoms with Crippen molar-refractivity contribution in [2.75, 3.05) is 33.9 Å². The van der Waals surface area contributed by atoms with E-state index in [-0.39, 0.29) is 5.92 Å². The summed E-state index contributed by atoms with van der Waals surface area (Å²) in [4.78, 5) is 8.35. The van der Waals surface area contributed by atoms with Crippen LogP contribution in [0.3, 0.4) is 0 Å². The molecule has 0 spiro atoms. The van der Waals surface area contributed by atoms with Gasteiger partial charge in [-0.3, -0.25) is 4.90 Å². The van der Waals surface area contributed by atoms with E-state index in [0.29, 0.717) is 6.10 Å². The molecule has 1 aromatic carbocycles. The number of benzene rings is 1. The second kappa shape index (κ2) is 7.97. The number of hydrogen-bond donors (Lipinski definition) is 0. The lowest BCUT2D eigenvalue weighted by Crippen LogP contribution is -2.52. The molecule has 0 saturated carbocycles. The van der Waals surface area contributed by atoms with Crippen molar-refractivity contribution in [3.63, 3.8) is 0 Å². The standard InChI is InChI=1S/C22H26N2O2S/c1-15(17-8-6-11-23-22(17)26-3)21-18-7-4-5-9-19(18)27-20(21)10-12-24-13-16(14-24)25-2/h4-9,11,15-16H,10,12-14H2,1-3H3. The highest BCUT2D eigenvalue weighted by atomic mass is 32.1. The molecule has 2 aromatic heterocycles. The van der Waals surface area contributed by atoms with Crippen molar-refractivity contribution >= 4 is 21.4 Å². The first-order valence-electron chi connectivity index (χ1n) is 9.45. The van der Waals surface area contributed by atoms with Crippen molar-refractivity contribution in [1.29, 1.82) is 0 Å². The quantitative estimate of drug-likeness (QED) is 0.609. The lowest BCUT2D eigenvalue weighted by molar-refractivity contribution is -0.0284. The molecular weight excluding hydrogens is 356 g/mol. The molecule has 1 aliphatic heterocycles. The molecule has 4 rings (SSSR count). The number of nitrogens with zero attached hydrogens (tertiary/aromatic N) is 2. The highest BCUT2D eigenvalue weighted by Crippen LogP contribution is 2.41. The smallest absolute Gasteiger partial charge is 0.216 e. The van der Waals surface area contributed by atoms with E-state index in [9.17, 15) is 0 Å². The van der Waals surface area contributed by atoms with Gasteiger partial charge in [-0.25, -0.2) is 4.98 Å². The van der Waals surface area contributed by atoms with Gasteiger partial charge in [0.1, 0.15) is 0 Å². The van der Waals surface area contributed by atoms with Crippen LogP contribution in [0.4, 0.5) is 0 Å². The number of pyridine rings is 1. The van der Waals surface area contributed by atoms with Crippen LogP contribution in [0.15, 0.2) is 42.6 Å². The number of thiophene rings is 1. The maximum absolute atomic E-state index is 5.54. The number of aromatic nitrogens is 1. The van der Waals surface area contributed by atoms with Gasteiger partial charge in [0, 0.05) is 54.0 Å². The number of methoxy groups -OCH3 is 2. The molecule has 0 radical (unpaired) electrons. The Labute approximate surface area is 164 Å². The van der Waals surface area contributed by atoms with Crippen molar-refractivity contribution in [3.8, 4) is 5.88 Å². The van der Waals surface area contributed by atoms with Crippen LogP contribution in [-0.4, -0.2) is 49.8 Å². The average molecular weight is 383 g/mol. The minimum absolute atomic E-state index is 0.239. The Balaban J connectivity index is 1.66. The fourth-order valence-corrected chi connectivity index (χ4v) is 5.24. The first kappa shape index (κ1) is 18.4. The summed E-state index contributed by atoms with van der Waals surface area (Å²) in [5.41, 5.74) is 2.57. The Bertz CT molecular complexity index is 918. The molecule has 142 valence electrons. The third-order valence-electron chi connectivity index (χ3n) is 5.52. The summed E-state index contributed by atoms with van der Waals surface area (Å²) in [6.07, 6.45) is 3.26. The second-order valence-corrected chi connectivity index (χ2v) is 8.26. The van der Waals surface area contributed by atoms with Gasteiger partial charge in [-0.15, -0.1) is 11.3 Å². The number of rotatable bonds is 7. The highest BCUT2D eigenvalue weighted by molar-refractivity contribution is 7.19. The van der Waals surface area contributed by atoms with E-state index in [1.165, 1.54) is 20.5 Å². The summed E-state index contributed by atoms with van der Waals surface area (Å²) in [5.74, 6) is 0.958. The monoisotopic (exact) mass is 382 g/mol. The molecule has 5 heteroatoms. The van der Waals surface area contributed by atoms with Gasteiger partial charge in [0.05, 0.1) is 13.2 Å². The van der Waals surface area contributed by atoms with Gasteiger partial charge < -0.3 is 9.47 Å². The molecule has 0 aliphatic carbocycles. The Morgan fingerprint density at radius 1 is 1.19 bits per heavy atom. The lowest BCUT2D eigenvalue weighted by Gasteiger charge is -2.38. The van der Waals surface area contributed by atoms with E-state index in [0.717, 1.165) is 37.5 Å². The summed E-state index contributed by atoms with van der Waals surface area (Å²) in [7, 11) is 3.50. The molecule has 1 atom stereocenters. The van der Waals surface area contributed by atoms with E-state index in [2.05, 4.69) is 47.1 Å². The summed E-state index contributed by atoms with van der Waals surface area (Å²) < 4.78 is 12.3. The van der Waals surface area contributed by atoms with Crippen molar-refractivity contribution < 1.29 is 9.47 Å². The molecule has 27 heavy (non-hydrogen) atoms. The number of likely N-dealkylation sites (tertiary alicyclic amines) is 1. The highest BCUT2D eigenvalue weighted by Gasteiger charge is 2.27. The Morgan fingerprint density at radius 2 is 2.00 bits per heavy atom. The third-order valence-corrected chi connectivity index (χ3v) is 6.76. The van der Waals surface area contributed by atoms with Crippen LogP contribution >= 0.6 is 11.3 Å². The molecule has 0 amide bonds. The minimum atomic E-state index is 0.239. The largest absolute Gasteiger partial charge is 0.481 e. The maximum atomic E-state index is 5.54. The molecular formula is C22H26N2O2S. The fourth-order valence-electron chi connectivity index (χ4n) is 3.95. The van der Waals surface area contributed by atoms with Crippen molar-refractivity contribution in [2.45, 2.75) is 25.4 Å². The normalized spacial score (nSPS) is 16.4. The topological polar surface area (TPSA) is 34.6 Å². The summed E-state index contributed by atoms with van der Waals surface area (Å²) >= 11 is 1.92. The van der Waals surface area contributed by atoms with Crippen molar-refractivity contribution in [3.05, 3.63) is 58.6 Å². The van der Waals surface area contributed by atoms with Gasteiger partial charge in [0.25, 0.3) is 0 Å². The summed E-state index contributed by atoms with van der Waals surface area (Å²) in [6.45, 7) is 5.43. The van der Waals surface area contributed by atoms with Crippen LogP contribution in [0.25, 0.3) is 10.1 Å². The maximum Gasteiger partial charge on any atom is 0.216 e. The van der Waals surface area contributed by atoms with Crippen molar-refractivity contribution in [2.24, 2.45) is 0 Å². The van der Waals surface area contributed by atoms with E-state index >= 15 is 0 Å². The van der Waals surface area contributed by atoms with Crippen molar-refractivity contribution in [1.82, 2.24) is 9.88 Å². The van der Waals surface area contributed by atoms with Crippen LogP contribution < -0.4 is 4.74 Å².